The van der Waals surface area contributed by atoms with Gasteiger partial charge in [0.1, 0.15) is 0 Å². The molecular weight excluding hydrogens is 301 g/mol. The van der Waals surface area contributed by atoms with Crippen molar-refractivity contribution in [2.45, 2.75) is 10.8 Å². The number of nitrogens with zero attached hydrogens (tertiary/aromatic N) is 1. The molecule has 0 radical (unpaired) electrons. The summed E-state index contributed by atoms with van der Waals surface area (Å²) in [6.45, 7) is 0.230. The number of benzene rings is 1. The molecule has 2 aromatic rings. The Bertz CT molecular complexity index is 492. The summed E-state index contributed by atoms with van der Waals surface area (Å²) < 4.78 is 26.8. The van der Waals surface area contributed by atoms with E-state index in [0.29, 0.717) is 6.42 Å². The molecular formula is C10H11NNaO3S3-. The smallest absolute Gasteiger partial charge is 1.00 e. The summed E-state index contributed by atoms with van der Waals surface area (Å²) >= 11 is 0.877. The van der Waals surface area contributed by atoms with E-state index < -0.39 is 11.4 Å². The van der Waals surface area contributed by atoms with Crippen LogP contribution in [0.5, 0.6) is 0 Å². The molecule has 0 saturated heterocycles. The van der Waals surface area contributed by atoms with Crippen molar-refractivity contribution in [3.8, 4) is 0 Å². The third kappa shape index (κ3) is 5.26. The predicted molar refractivity (Wildman–Crippen MR) is 70.9 cm³/mol. The third-order valence-corrected chi connectivity index (χ3v) is 4.59. The van der Waals surface area contributed by atoms with Crippen LogP contribution in [0.1, 0.15) is 7.85 Å². The second kappa shape index (κ2) is 8.65. The zero-order chi connectivity index (χ0) is 12.1. The van der Waals surface area contributed by atoms with E-state index in [4.69, 9.17) is 0 Å². The topological polar surface area (TPSA) is 62.2 Å². The van der Waals surface area contributed by atoms with Gasteiger partial charge >= 0.3 is 29.6 Å². The average molecular weight is 312 g/mol. The summed E-state index contributed by atoms with van der Waals surface area (Å²) in [6.07, 6.45) is 0.689. The van der Waals surface area contributed by atoms with Gasteiger partial charge in [-0.2, -0.15) is 0 Å². The summed E-state index contributed by atoms with van der Waals surface area (Å²) in [5.74, 6) is 0.803. The first kappa shape index (κ1) is 16.6. The van der Waals surface area contributed by atoms with Crippen molar-refractivity contribution in [2.24, 2.45) is 0 Å². The van der Waals surface area contributed by atoms with Crippen molar-refractivity contribution in [1.29, 1.82) is 0 Å². The molecule has 0 bridgehead atoms. The normalized spacial score (nSPS) is 12.3. The molecule has 2 rings (SSSR count). The van der Waals surface area contributed by atoms with Crippen LogP contribution in [-0.2, 0) is 15.5 Å². The van der Waals surface area contributed by atoms with Gasteiger partial charge in [0.05, 0.1) is 28.2 Å². The molecule has 94 valence electrons. The molecule has 1 atom stereocenters. The van der Waals surface area contributed by atoms with Crippen molar-refractivity contribution < 1.29 is 43.9 Å². The van der Waals surface area contributed by atoms with E-state index in [9.17, 15) is 8.76 Å². The number of para-hydroxylation sites is 1. The Morgan fingerprint density at radius 3 is 3.00 bits per heavy atom. The first-order valence-corrected chi connectivity index (χ1v) is 7.77. The minimum Gasteiger partial charge on any atom is -1.00 e. The van der Waals surface area contributed by atoms with Gasteiger partial charge < -0.3 is 10.2 Å². The molecule has 18 heavy (non-hydrogen) atoms. The molecule has 0 fully saturated rings. The van der Waals surface area contributed by atoms with Crippen LogP contribution in [-0.4, -0.2) is 26.1 Å². The number of hydrogen-bond donors (Lipinski definition) is 0. The largest absolute Gasteiger partial charge is 1.00 e. The van der Waals surface area contributed by atoms with E-state index in [1.807, 2.05) is 24.3 Å². The van der Waals surface area contributed by atoms with Crippen LogP contribution < -0.4 is 29.6 Å². The summed E-state index contributed by atoms with van der Waals surface area (Å²) in [5.41, 5.74) is 1.01. The SMILES string of the molecule is O=S([O-])OCCCSc1nc2ccccc2s1.[H-].[Na+]. The van der Waals surface area contributed by atoms with Gasteiger partial charge in [0.15, 0.2) is 4.34 Å². The minimum atomic E-state index is -2.40. The summed E-state index contributed by atoms with van der Waals surface area (Å²) in [7, 11) is 0. The van der Waals surface area contributed by atoms with Crippen LogP contribution in [0.15, 0.2) is 28.6 Å². The van der Waals surface area contributed by atoms with E-state index >= 15 is 0 Å². The zero-order valence-electron chi connectivity index (χ0n) is 10.8. The molecule has 1 unspecified atom stereocenters. The van der Waals surface area contributed by atoms with Crippen molar-refractivity contribution in [2.75, 3.05) is 12.4 Å². The number of rotatable bonds is 6. The summed E-state index contributed by atoms with van der Waals surface area (Å²) in [4.78, 5) is 4.46. The standard InChI is InChI=1S/C10H11NO3S3.Na.H/c12-17(13)14-6-3-7-15-10-11-8-4-1-2-5-9(8)16-10;;/h1-2,4-5H,3,6-7H2,(H,12,13);;/q;+1;-1/p-1. The Hall–Kier alpha value is 0.530. The van der Waals surface area contributed by atoms with Gasteiger partial charge in [-0.3, -0.25) is 0 Å². The van der Waals surface area contributed by atoms with E-state index in [1.54, 1.807) is 23.1 Å². The molecule has 0 aliphatic rings. The fourth-order valence-electron chi connectivity index (χ4n) is 1.26. The second-order valence-electron chi connectivity index (χ2n) is 3.18. The maximum Gasteiger partial charge on any atom is 1.00 e. The average Bonchev–Trinajstić information content (AvgIpc) is 2.70. The first-order valence-electron chi connectivity index (χ1n) is 4.96. The molecule has 0 N–H and O–H groups in total. The van der Waals surface area contributed by atoms with Gasteiger partial charge in [0.25, 0.3) is 0 Å². The van der Waals surface area contributed by atoms with Crippen molar-refractivity contribution in [3.63, 3.8) is 0 Å². The monoisotopic (exact) mass is 312 g/mol. The molecule has 0 saturated carbocycles. The van der Waals surface area contributed by atoms with E-state index in [1.165, 1.54) is 4.70 Å². The molecule has 8 heteroatoms. The number of fused-ring (bicyclic) bond motifs is 1. The Balaban J connectivity index is 0.00000162. The molecule has 0 amide bonds. The quantitative estimate of drug-likeness (QED) is 0.317. The number of aromatic nitrogens is 1. The number of hydrogen-bond acceptors (Lipinski definition) is 6. The minimum absolute atomic E-state index is 0. The van der Waals surface area contributed by atoms with Crippen LogP contribution in [0.3, 0.4) is 0 Å². The number of thioether (sulfide) groups is 1. The van der Waals surface area contributed by atoms with Gasteiger partial charge in [-0.25, -0.2) is 9.19 Å². The molecule has 0 spiro atoms. The van der Waals surface area contributed by atoms with Crippen LogP contribution in [0, 0.1) is 0 Å². The Kier molecular flexibility index (Phi) is 7.97. The van der Waals surface area contributed by atoms with Crippen LogP contribution in [0.2, 0.25) is 0 Å². The van der Waals surface area contributed by atoms with Gasteiger partial charge in [-0.15, -0.1) is 11.3 Å². The second-order valence-corrected chi connectivity index (χ2v) is 6.19. The van der Waals surface area contributed by atoms with Crippen molar-refractivity contribution >= 4 is 44.7 Å². The van der Waals surface area contributed by atoms with Crippen molar-refractivity contribution in [3.05, 3.63) is 24.3 Å². The molecule has 1 heterocycles. The Morgan fingerprint density at radius 2 is 2.28 bits per heavy atom. The zero-order valence-corrected chi connectivity index (χ0v) is 14.3. The van der Waals surface area contributed by atoms with Gasteiger partial charge in [-0.05, 0) is 18.6 Å². The Morgan fingerprint density at radius 1 is 1.50 bits per heavy atom. The van der Waals surface area contributed by atoms with Crippen LogP contribution in [0.4, 0.5) is 0 Å². The maximum atomic E-state index is 10.1. The van der Waals surface area contributed by atoms with Crippen molar-refractivity contribution in [1.82, 2.24) is 4.98 Å². The third-order valence-electron chi connectivity index (χ3n) is 1.97. The molecule has 0 aliphatic carbocycles. The predicted octanol–water partition coefficient (Wildman–Crippen LogP) is -0.294. The molecule has 1 aromatic heterocycles. The number of thiazole rings is 1. The van der Waals surface area contributed by atoms with Gasteiger partial charge in [0, 0.05) is 5.75 Å². The van der Waals surface area contributed by atoms with Gasteiger partial charge in [0.2, 0.25) is 0 Å². The first-order chi connectivity index (χ1) is 8.25. The molecule has 0 aliphatic heterocycles. The fraction of sp³-hybridized carbons (Fsp3) is 0.300. The maximum absolute atomic E-state index is 10.1. The van der Waals surface area contributed by atoms with Crippen LogP contribution in [0.25, 0.3) is 10.2 Å². The Labute approximate surface area is 140 Å². The van der Waals surface area contributed by atoms with Crippen LogP contribution >= 0.6 is 23.1 Å². The molecule has 4 nitrogen and oxygen atoms in total. The van der Waals surface area contributed by atoms with Gasteiger partial charge in [-0.1, -0.05) is 23.9 Å². The van der Waals surface area contributed by atoms with E-state index in [2.05, 4.69) is 9.17 Å². The fourth-order valence-corrected chi connectivity index (χ4v) is 3.56. The van der Waals surface area contributed by atoms with E-state index in [0.717, 1.165) is 15.6 Å². The summed E-state index contributed by atoms with van der Waals surface area (Å²) in [5, 5.41) is 0. The summed E-state index contributed by atoms with van der Waals surface area (Å²) in [6, 6.07) is 7.99. The molecule has 1 aromatic carbocycles. The van der Waals surface area contributed by atoms with E-state index in [-0.39, 0.29) is 37.6 Å².